The Morgan fingerprint density at radius 3 is 2.14 bits per heavy atom. The van der Waals surface area contributed by atoms with Crippen LogP contribution in [0.15, 0.2) is 0 Å². The van der Waals surface area contributed by atoms with E-state index in [9.17, 15) is 32.4 Å². The minimum absolute atomic E-state index is 0.0976. The first-order valence-electron chi connectivity index (χ1n) is 18.4. The van der Waals surface area contributed by atoms with E-state index in [1.807, 2.05) is 20.8 Å². The lowest BCUT2D eigenvalue weighted by Gasteiger charge is -2.38. The van der Waals surface area contributed by atoms with Crippen molar-refractivity contribution in [3.05, 3.63) is 0 Å². The van der Waals surface area contributed by atoms with Gasteiger partial charge in [-0.15, -0.1) is 0 Å². The zero-order chi connectivity index (χ0) is 35.7. The summed E-state index contributed by atoms with van der Waals surface area (Å²) < 4.78 is 26.6. The third-order valence-electron chi connectivity index (χ3n) is 12.9. The number of hydrogen-bond acceptors (Lipinski definition) is 7. The molecule has 0 bridgehead atoms. The first kappa shape index (κ1) is 36.1. The zero-order valence-electron chi connectivity index (χ0n) is 30.0. The number of amides is 5. The van der Waals surface area contributed by atoms with Crippen LogP contribution in [0.3, 0.4) is 0 Å². The van der Waals surface area contributed by atoms with E-state index >= 15 is 0 Å². The number of nitrogens with one attached hydrogen (secondary N) is 4. The second kappa shape index (κ2) is 12.8. The number of Topliss-reactive ketones (excluding diaryl/α,β-unsaturated/α-hetero) is 1. The quantitative estimate of drug-likeness (QED) is 0.224. The lowest BCUT2D eigenvalue weighted by molar-refractivity contribution is -0.144. The number of sulfonamides is 1. The third-order valence-corrected chi connectivity index (χ3v) is 14.8. The molecule has 14 heteroatoms. The van der Waals surface area contributed by atoms with Crippen molar-refractivity contribution >= 4 is 39.6 Å². The number of ketones is 1. The summed E-state index contributed by atoms with van der Waals surface area (Å²) in [5.74, 6) is -1.39. The smallest absolute Gasteiger partial charge is 0.315 e. The predicted octanol–water partition coefficient (Wildman–Crippen LogP) is 1.77. The Balaban J connectivity index is 1.23. The van der Waals surface area contributed by atoms with E-state index in [4.69, 9.17) is 0 Å². The maximum Gasteiger partial charge on any atom is 0.315 e. The van der Waals surface area contributed by atoms with Crippen LogP contribution in [0.4, 0.5) is 4.79 Å². The number of carbonyl (C=O) groups is 5. The van der Waals surface area contributed by atoms with Gasteiger partial charge in [-0.2, -0.15) is 4.31 Å². The fourth-order valence-corrected chi connectivity index (χ4v) is 11.4. The van der Waals surface area contributed by atoms with Crippen molar-refractivity contribution in [1.29, 1.82) is 0 Å². The molecular weight excluding hydrogens is 648 g/mol. The highest BCUT2D eigenvalue weighted by molar-refractivity contribution is 7.89. The molecule has 1 spiro atoms. The van der Waals surface area contributed by atoms with Crippen LogP contribution >= 0.6 is 0 Å². The molecule has 0 aromatic heterocycles. The number of likely N-dealkylation sites (N-methyl/N-ethyl adjacent to an activating group) is 1. The number of piperidine rings is 1. The molecule has 0 aromatic rings. The van der Waals surface area contributed by atoms with E-state index in [0.29, 0.717) is 31.8 Å². The standard InChI is InChI=1S/C35H56N6O7S/c1-33(2,3)24(19-40-15-10-16-49(40,47)48)38-32(46)39-25(21-11-8-7-9-12-21)31(45)41-18-22-27-34(4,5)35(22,27)28(41)30(44)37-23(17-20-13-14-20)26(42)29(43)36-6/h20-25,27-28H,7-19H2,1-6H3,(H,36,43)(H,37,44)(H2,38,39,46)/t22-,23?,24-,25+,27?,28-,35?/m1/s1. The molecule has 7 atom stereocenters. The van der Waals surface area contributed by atoms with Crippen molar-refractivity contribution in [2.45, 2.75) is 117 Å². The second-order valence-corrected chi connectivity index (χ2v) is 19.3. The van der Waals surface area contributed by atoms with E-state index in [0.717, 1.165) is 44.9 Å². The van der Waals surface area contributed by atoms with E-state index in [2.05, 4.69) is 35.1 Å². The van der Waals surface area contributed by atoms with E-state index in [1.54, 1.807) is 4.90 Å². The van der Waals surface area contributed by atoms with Crippen LogP contribution in [-0.2, 0) is 29.2 Å². The van der Waals surface area contributed by atoms with Crippen LogP contribution in [0.5, 0.6) is 0 Å². The molecule has 274 valence electrons. The highest BCUT2D eigenvalue weighted by atomic mass is 32.2. The largest absolute Gasteiger partial charge is 0.353 e. The molecule has 0 radical (unpaired) electrons. The van der Waals surface area contributed by atoms with Crippen LogP contribution in [0.25, 0.3) is 0 Å². The molecule has 6 fully saturated rings. The van der Waals surface area contributed by atoms with E-state index in [1.165, 1.54) is 11.4 Å². The first-order chi connectivity index (χ1) is 22.9. The minimum atomic E-state index is -3.37. The van der Waals surface area contributed by atoms with Gasteiger partial charge in [-0.1, -0.05) is 66.7 Å². The molecular formula is C35H56N6O7S. The molecule has 4 N–H and O–H groups in total. The molecule has 2 saturated heterocycles. The number of rotatable bonds is 12. The summed E-state index contributed by atoms with van der Waals surface area (Å²) in [5.41, 5.74) is -0.995. The molecule has 6 aliphatic rings. The molecule has 4 aliphatic carbocycles. The Labute approximate surface area is 290 Å². The number of likely N-dealkylation sites (tertiary alicyclic amines) is 1. The van der Waals surface area contributed by atoms with Gasteiger partial charge in [0.05, 0.1) is 11.8 Å². The Kier molecular flexibility index (Phi) is 9.41. The molecule has 13 nitrogen and oxygen atoms in total. The van der Waals surface area contributed by atoms with Gasteiger partial charge >= 0.3 is 6.03 Å². The van der Waals surface area contributed by atoms with Gasteiger partial charge in [0, 0.05) is 38.1 Å². The second-order valence-electron chi connectivity index (χ2n) is 17.3. The van der Waals surface area contributed by atoms with Gasteiger partial charge in [0.25, 0.3) is 5.91 Å². The average Bonchev–Trinajstić information content (AvgIpc) is 3.99. The molecule has 5 amide bonds. The van der Waals surface area contributed by atoms with Crippen LogP contribution in [-0.4, -0.2) is 104 Å². The van der Waals surface area contributed by atoms with Crippen LogP contribution in [0.1, 0.15) is 92.4 Å². The molecule has 2 heterocycles. The fourth-order valence-electron chi connectivity index (χ4n) is 9.83. The lowest BCUT2D eigenvalue weighted by Crippen LogP contribution is -2.61. The maximum absolute atomic E-state index is 14.7. The maximum atomic E-state index is 14.7. The normalized spacial score (nSPS) is 31.8. The van der Waals surface area contributed by atoms with Crippen molar-refractivity contribution in [2.75, 3.05) is 32.4 Å². The summed E-state index contributed by atoms with van der Waals surface area (Å²) in [7, 11) is -1.98. The van der Waals surface area contributed by atoms with Gasteiger partial charge in [0.15, 0.2) is 0 Å². The summed E-state index contributed by atoms with van der Waals surface area (Å²) in [6.07, 6.45) is 7.30. The van der Waals surface area contributed by atoms with Crippen LogP contribution in [0, 0.1) is 39.9 Å². The van der Waals surface area contributed by atoms with Crippen molar-refractivity contribution < 1.29 is 32.4 Å². The fraction of sp³-hybridized carbons (Fsp3) is 0.857. The summed E-state index contributed by atoms with van der Waals surface area (Å²) in [4.78, 5) is 69.9. The summed E-state index contributed by atoms with van der Waals surface area (Å²) in [6, 6.07) is -3.67. The SMILES string of the molecule is CNC(=O)C(=O)C(CC1CC1)NC(=O)[C@H]1N(C(=O)[C@@H](NC(=O)N[C@H](CN2CCCS2(=O)=O)C(C)(C)C)C2CCCCC2)C[C@@H]2C3C(C)(C)C321. The van der Waals surface area contributed by atoms with Gasteiger partial charge in [-0.3, -0.25) is 19.2 Å². The van der Waals surface area contributed by atoms with Gasteiger partial charge in [0.2, 0.25) is 27.6 Å². The van der Waals surface area contributed by atoms with E-state index in [-0.39, 0.29) is 46.8 Å². The molecule has 2 aliphatic heterocycles. The minimum Gasteiger partial charge on any atom is -0.353 e. The average molecular weight is 705 g/mol. The predicted molar refractivity (Wildman–Crippen MR) is 182 cm³/mol. The first-order valence-corrected chi connectivity index (χ1v) is 20.0. The Morgan fingerprint density at radius 2 is 1.59 bits per heavy atom. The van der Waals surface area contributed by atoms with Crippen molar-refractivity contribution in [1.82, 2.24) is 30.5 Å². The molecule has 49 heavy (non-hydrogen) atoms. The molecule has 4 saturated carbocycles. The van der Waals surface area contributed by atoms with Crippen LogP contribution in [0.2, 0.25) is 0 Å². The summed E-state index contributed by atoms with van der Waals surface area (Å²) >= 11 is 0. The summed E-state index contributed by atoms with van der Waals surface area (Å²) in [5, 5.41) is 11.3. The monoisotopic (exact) mass is 704 g/mol. The van der Waals surface area contributed by atoms with Crippen molar-refractivity contribution in [2.24, 2.45) is 39.9 Å². The zero-order valence-corrected chi connectivity index (χ0v) is 30.8. The Hall–Kier alpha value is -2.74. The van der Waals surface area contributed by atoms with Crippen LogP contribution < -0.4 is 21.3 Å². The van der Waals surface area contributed by atoms with Crippen molar-refractivity contribution in [3.8, 4) is 0 Å². The number of fused-ring (bicyclic) bond motifs is 1. The Bertz CT molecular complexity index is 1480. The van der Waals surface area contributed by atoms with Gasteiger partial charge in [-0.05, 0) is 60.2 Å². The topological polar surface area (TPSA) is 174 Å². The Morgan fingerprint density at radius 1 is 0.918 bits per heavy atom. The van der Waals surface area contributed by atoms with Gasteiger partial charge < -0.3 is 26.2 Å². The number of carbonyl (C=O) groups excluding carboxylic acids is 5. The highest BCUT2D eigenvalue weighted by Gasteiger charge is 2.97. The highest BCUT2D eigenvalue weighted by Crippen LogP contribution is 2.95. The van der Waals surface area contributed by atoms with Gasteiger partial charge in [0.1, 0.15) is 12.1 Å². The number of hydrogen-bond donors (Lipinski definition) is 4. The molecule has 6 rings (SSSR count). The third kappa shape index (κ3) is 6.49. The molecule has 0 aromatic carbocycles. The number of urea groups is 1. The molecule has 3 unspecified atom stereocenters. The van der Waals surface area contributed by atoms with Gasteiger partial charge in [-0.25, -0.2) is 13.2 Å². The lowest BCUT2D eigenvalue weighted by atomic mass is 9.82. The summed E-state index contributed by atoms with van der Waals surface area (Å²) in [6.45, 7) is 11.1. The van der Waals surface area contributed by atoms with Crippen molar-refractivity contribution in [3.63, 3.8) is 0 Å². The van der Waals surface area contributed by atoms with E-state index < -0.39 is 63.2 Å². The number of nitrogens with zero attached hydrogens (tertiary/aromatic N) is 2.